The third-order valence-electron chi connectivity index (χ3n) is 4.48. The summed E-state index contributed by atoms with van der Waals surface area (Å²) in [5, 5.41) is 3.53. The predicted molar refractivity (Wildman–Crippen MR) is 107 cm³/mol. The van der Waals surface area contributed by atoms with Crippen molar-refractivity contribution in [3.8, 4) is 11.6 Å². The summed E-state index contributed by atoms with van der Waals surface area (Å²) < 4.78 is 5.63. The maximum Gasteiger partial charge on any atom is 0.268 e. The van der Waals surface area contributed by atoms with Crippen molar-refractivity contribution in [3.05, 3.63) is 47.9 Å². The lowest BCUT2D eigenvalue weighted by Gasteiger charge is -2.15. The van der Waals surface area contributed by atoms with E-state index in [0.29, 0.717) is 11.6 Å². The van der Waals surface area contributed by atoms with Crippen molar-refractivity contribution in [2.45, 2.75) is 52.5 Å². The van der Waals surface area contributed by atoms with Crippen LogP contribution in [0.5, 0.6) is 11.6 Å². The van der Waals surface area contributed by atoms with E-state index in [9.17, 15) is 4.79 Å². The second-order valence-electron chi connectivity index (χ2n) is 6.76. The summed E-state index contributed by atoms with van der Waals surface area (Å²) >= 11 is 0. The van der Waals surface area contributed by atoms with Crippen LogP contribution in [0.25, 0.3) is 0 Å². The van der Waals surface area contributed by atoms with E-state index in [1.807, 2.05) is 24.3 Å². The zero-order valence-electron chi connectivity index (χ0n) is 16.3. The van der Waals surface area contributed by atoms with Gasteiger partial charge in [0, 0.05) is 6.54 Å². The number of benzene rings is 1. The summed E-state index contributed by atoms with van der Waals surface area (Å²) in [6.45, 7) is 6.41. The van der Waals surface area contributed by atoms with Crippen molar-refractivity contribution in [1.82, 2.24) is 15.3 Å². The summed E-state index contributed by atoms with van der Waals surface area (Å²) in [5.41, 5.74) is 6.46. The van der Waals surface area contributed by atoms with Gasteiger partial charge >= 0.3 is 0 Å². The maximum atomic E-state index is 11.0. The highest BCUT2D eigenvalue weighted by Crippen LogP contribution is 2.19. The molecular formula is C21H30N4O2. The molecule has 1 amide bonds. The van der Waals surface area contributed by atoms with Crippen LogP contribution in [-0.2, 0) is 6.54 Å². The van der Waals surface area contributed by atoms with Gasteiger partial charge in [0.05, 0.1) is 12.4 Å². The standard InChI is InChI=1S/C21H30N4O2/c1-3-5-16(6-4-2)11-12-23-13-17-7-9-18(10-8-17)27-20-15-24-19(14-25-20)21(22)26/h7-10,14-16,23H,3-6,11-13H2,1-2H3,(H2,22,26). The summed E-state index contributed by atoms with van der Waals surface area (Å²) in [6.07, 6.45) is 9.11. The quantitative estimate of drug-likeness (QED) is 0.550. The van der Waals surface area contributed by atoms with Crippen LogP contribution >= 0.6 is 0 Å². The van der Waals surface area contributed by atoms with Crippen LogP contribution in [-0.4, -0.2) is 22.4 Å². The van der Waals surface area contributed by atoms with E-state index in [2.05, 4.69) is 29.1 Å². The molecule has 0 fully saturated rings. The smallest absolute Gasteiger partial charge is 0.268 e. The first-order valence-electron chi connectivity index (χ1n) is 9.71. The van der Waals surface area contributed by atoms with E-state index < -0.39 is 5.91 Å². The van der Waals surface area contributed by atoms with Crippen LogP contribution in [0, 0.1) is 5.92 Å². The number of ether oxygens (including phenoxy) is 1. The van der Waals surface area contributed by atoms with E-state index in [4.69, 9.17) is 10.5 Å². The highest BCUT2D eigenvalue weighted by molar-refractivity contribution is 5.90. The minimum absolute atomic E-state index is 0.115. The normalized spacial score (nSPS) is 10.9. The van der Waals surface area contributed by atoms with Crippen LogP contribution < -0.4 is 15.8 Å². The molecule has 2 aromatic rings. The maximum absolute atomic E-state index is 11.0. The molecule has 0 bridgehead atoms. The molecule has 146 valence electrons. The average molecular weight is 370 g/mol. The van der Waals surface area contributed by atoms with Gasteiger partial charge in [-0.25, -0.2) is 9.97 Å². The number of carbonyl (C=O) groups is 1. The minimum Gasteiger partial charge on any atom is -0.438 e. The zero-order chi connectivity index (χ0) is 19.5. The molecule has 1 heterocycles. The fourth-order valence-corrected chi connectivity index (χ4v) is 3.08. The Balaban J connectivity index is 1.76. The van der Waals surface area contributed by atoms with Gasteiger partial charge in [0.15, 0.2) is 0 Å². The molecule has 0 saturated carbocycles. The summed E-state index contributed by atoms with van der Waals surface area (Å²) in [6, 6.07) is 7.86. The van der Waals surface area contributed by atoms with Crippen molar-refractivity contribution in [2.75, 3.05) is 6.54 Å². The Labute approximate surface area is 161 Å². The molecule has 0 atom stereocenters. The molecule has 0 aliphatic heterocycles. The first kappa shape index (κ1) is 20.8. The molecular weight excluding hydrogens is 340 g/mol. The topological polar surface area (TPSA) is 90.1 Å². The number of rotatable bonds is 12. The van der Waals surface area contributed by atoms with Gasteiger partial charge in [0.2, 0.25) is 5.88 Å². The lowest BCUT2D eigenvalue weighted by Crippen LogP contribution is -2.18. The second kappa shape index (κ2) is 11.3. The van der Waals surface area contributed by atoms with Gasteiger partial charge in [-0.05, 0) is 36.6 Å². The van der Waals surface area contributed by atoms with Gasteiger partial charge in [-0.15, -0.1) is 0 Å². The van der Waals surface area contributed by atoms with Crippen LogP contribution in [0.1, 0.15) is 62.0 Å². The molecule has 6 nitrogen and oxygen atoms in total. The van der Waals surface area contributed by atoms with Crippen LogP contribution in [0.2, 0.25) is 0 Å². The minimum atomic E-state index is -0.610. The zero-order valence-corrected chi connectivity index (χ0v) is 16.3. The number of nitrogens with two attached hydrogens (primary N) is 1. The molecule has 0 aliphatic rings. The van der Waals surface area contributed by atoms with Crippen LogP contribution in [0.4, 0.5) is 0 Å². The molecule has 0 saturated heterocycles. The first-order chi connectivity index (χ1) is 13.1. The second-order valence-corrected chi connectivity index (χ2v) is 6.76. The monoisotopic (exact) mass is 370 g/mol. The summed E-state index contributed by atoms with van der Waals surface area (Å²) in [5.74, 6) is 1.22. The Hall–Kier alpha value is -2.47. The number of hydrogen-bond acceptors (Lipinski definition) is 5. The SMILES string of the molecule is CCCC(CCC)CCNCc1ccc(Oc2cnc(C(N)=O)cn2)cc1. The van der Waals surface area contributed by atoms with Gasteiger partial charge in [-0.3, -0.25) is 4.79 Å². The molecule has 27 heavy (non-hydrogen) atoms. The van der Waals surface area contributed by atoms with Gasteiger partial charge in [0.25, 0.3) is 5.91 Å². The Morgan fingerprint density at radius 2 is 1.78 bits per heavy atom. The van der Waals surface area contributed by atoms with Crippen molar-refractivity contribution in [2.24, 2.45) is 11.7 Å². The predicted octanol–water partition coefficient (Wildman–Crippen LogP) is 4.06. The Kier molecular flexibility index (Phi) is 8.71. The van der Waals surface area contributed by atoms with Crippen molar-refractivity contribution in [3.63, 3.8) is 0 Å². The molecule has 6 heteroatoms. The number of primary amides is 1. The Bertz CT molecular complexity index is 680. The lowest BCUT2D eigenvalue weighted by atomic mass is 9.95. The van der Waals surface area contributed by atoms with Gasteiger partial charge < -0.3 is 15.8 Å². The van der Waals surface area contributed by atoms with E-state index in [1.54, 1.807) is 0 Å². The number of nitrogens with one attached hydrogen (secondary N) is 1. The molecule has 0 aliphatic carbocycles. The third kappa shape index (κ3) is 7.35. The first-order valence-corrected chi connectivity index (χ1v) is 9.71. The van der Waals surface area contributed by atoms with Gasteiger partial charge in [-0.2, -0.15) is 0 Å². The highest BCUT2D eigenvalue weighted by Gasteiger charge is 2.07. The van der Waals surface area contributed by atoms with E-state index in [0.717, 1.165) is 19.0 Å². The van der Waals surface area contributed by atoms with Crippen LogP contribution in [0.3, 0.4) is 0 Å². The van der Waals surface area contributed by atoms with Crippen molar-refractivity contribution in [1.29, 1.82) is 0 Å². The molecule has 0 unspecified atom stereocenters. The van der Waals surface area contributed by atoms with Gasteiger partial charge in [-0.1, -0.05) is 51.7 Å². The number of carbonyl (C=O) groups excluding carboxylic acids is 1. The fourth-order valence-electron chi connectivity index (χ4n) is 3.08. The number of amides is 1. The molecule has 0 spiro atoms. The summed E-state index contributed by atoms with van der Waals surface area (Å²) in [7, 11) is 0. The van der Waals surface area contributed by atoms with E-state index in [1.165, 1.54) is 50.1 Å². The largest absolute Gasteiger partial charge is 0.438 e. The molecule has 2 rings (SSSR count). The molecule has 3 N–H and O–H groups in total. The highest BCUT2D eigenvalue weighted by atomic mass is 16.5. The fraction of sp³-hybridized carbons (Fsp3) is 0.476. The Morgan fingerprint density at radius 1 is 1.07 bits per heavy atom. The lowest BCUT2D eigenvalue weighted by molar-refractivity contribution is 0.0995. The number of hydrogen-bond donors (Lipinski definition) is 2. The number of aromatic nitrogens is 2. The van der Waals surface area contributed by atoms with E-state index in [-0.39, 0.29) is 5.69 Å². The van der Waals surface area contributed by atoms with Crippen molar-refractivity contribution >= 4 is 5.91 Å². The molecule has 0 radical (unpaired) electrons. The molecule has 1 aromatic heterocycles. The Morgan fingerprint density at radius 3 is 2.33 bits per heavy atom. The third-order valence-corrected chi connectivity index (χ3v) is 4.48. The molecule has 1 aromatic carbocycles. The summed E-state index contributed by atoms with van der Waals surface area (Å²) in [4.78, 5) is 18.9. The van der Waals surface area contributed by atoms with E-state index >= 15 is 0 Å². The average Bonchev–Trinajstić information content (AvgIpc) is 2.67. The van der Waals surface area contributed by atoms with Crippen molar-refractivity contribution < 1.29 is 9.53 Å². The van der Waals surface area contributed by atoms with Gasteiger partial charge in [0.1, 0.15) is 11.4 Å². The number of nitrogens with zero attached hydrogens (tertiary/aromatic N) is 2. The van der Waals surface area contributed by atoms with Crippen LogP contribution in [0.15, 0.2) is 36.7 Å².